The monoisotopic (exact) mass is 435 g/mol. The van der Waals surface area contributed by atoms with Crippen molar-refractivity contribution in [1.29, 1.82) is 0 Å². The number of benzene rings is 2. The molecule has 0 bridgehead atoms. The van der Waals surface area contributed by atoms with E-state index in [4.69, 9.17) is 0 Å². The molecule has 1 aliphatic heterocycles. The van der Waals surface area contributed by atoms with Crippen molar-refractivity contribution in [3.63, 3.8) is 0 Å². The van der Waals surface area contributed by atoms with Gasteiger partial charge in [-0.15, -0.1) is 0 Å². The fourth-order valence-electron chi connectivity index (χ4n) is 3.92. The molecule has 1 unspecified atom stereocenters. The van der Waals surface area contributed by atoms with Crippen LogP contribution in [0.1, 0.15) is 64.2 Å². The Morgan fingerprint density at radius 1 is 1.03 bits per heavy atom. The van der Waals surface area contributed by atoms with Crippen molar-refractivity contribution in [2.24, 2.45) is 0 Å². The molecule has 1 N–H and O–H groups in total. The van der Waals surface area contributed by atoms with Crippen molar-refractivity contribution in [2.75, 3.05) is 6.54 Å². The van der Waals surface area contributed by atoms with Gasteiger partial charge in [0.05, 0.1) is 0 Å². The highest BCUT2D eigenvalue weighted by atomic mass is 16.2. The van der Waals surface area contributed by atoms with Crippen molar-refractivity contribution < 1.29 is 14.4 Å². The standard InChI is InChI=1S/C26H33N3O3/c1-18(2)20-12-14-21(15-13-20)26(6)23(31)28(24(32)27-26)17-22(30)29(25(3,4)5)16-19-10-8-7-9-11-19/h7-15,18H,16-17H2,1-6H3,(H,27,32). The molecule has 1 atom stereocenters. The third kappa shape index (κ3) is 4.69. The summed E-state index contributed by atoms with van der Waals surface area (Å²) in [6, 6.07) is 16.8. The summed E-state index contributed by atoms with van der Waals surface area (Å²) in [7, 11) is 0. The molecule has 170 valence electrons. The largest absolute Gasteiger partial charge is 0.332 e. The van der Waals surface area contributed by atoms with Gasteiger partial charge in [0.15, 0.2) is 0 Å². The normalized spacial score (nSPS) is 18.8. The van der Waals surface area contributed by atoms with E-state index in [0.717, 1.165) is 16.0 Å². The number of carbonyl (C=O) groups excluding carboxylic acids is 3. The van der Waals surface area contributed by atoms with E-state index in [2.05, 4.69) is 19.2 Å². The van der Waals surface area contributed by atoms with Crippen LogP contribution in [0.15, 0.2) is 54.6 Å². The third-order valence-electron chi connectivity index (χ3n) is 6.02. The highest BCUT2D eigenvalue weighted by Gasteiger charge is 2.50. The predicted octanol–water partition coefficient (Wildman–Crippen LogP) is 4.40. The Bertz CT molecular complexity index is 993. The van der Waals surface area contributed by atoms with E-state index in [1.807, 2.05) is 75.4 Å². The molecule has 2 aromatic rings. The Hall–Kier alpha value is -3.15. The van der Waals surface area contributed by atoms with Crippen molar-refractivity contribution in [3.8, 4) is 0 Å². The third-order valence-corrected chi connectivity index (χ3v) is 6.02. The van der Waals surface area contributed by atoms with E-state index in [9.17, 15) is 14.4 Å². The van der Waals surface area contributed by atoms with E-state index >= 15 is 0 Å². The maximum atomic E-state index is 13.3. The van der Waals surface area contributed by atoms with E-state index in [1.54, 1.807) is 11.8 Å². The number of rotatable bonds is 6. The SMILES string of the molecule is CC(C)c1ccc(C2(C)NC(=O)N(CC(=O)N(Cc3ccccc3)C(C)(C)C)C2=O)cc1. The van der Waals surface area contributed by atoms with Crippen molar-refractivity contribution in [2.45, 2.75) is 65.1 Å². The minimum atomic E-state index is -1.20. The van der Waals surface area contributed by atoms with Crippen LogP contribution in [0.5, 0.6) is 0 Å². The smallest absolute Gasteiger partial charge is 0.325 e. The maximum Gasteiger partial charge on any atom is 0.325 e. The molecule has 0 spiro atoms. The maximum absolute atomic E-state index is 13.3. The number of nitrogens with zero attached hydrogens (tertiary/aromatic N) is 2. The number of imide groups is 1. The summed E-state index contributed by atoms with van der Waals surface area (Å²) in [6.07, 6.45) is 0. The number of amides is 4. The van der Waals surface area contributed by atoms with E-state index in [0.29, 0.717) is 18.0 Å². The van der Waals surface area contributed by atoms with Gasteiger partial charge in [-0.3, -0.25) is 14.5 Å². The summed E-state index contributed by atoms with van der Waals surface area (Å²) in [5.41, 5.74) is 1.18. The zero-order valence-electron chi connectivity index (χ0n) is 19.8. The summed E-state index contributed by atoms with van der Waals surface area (Å²) in [5, 5.41) is 2.79. The summed E-state index contributed by atoms with van der Waals surface area (Å²) in [6.45, 7) is 11.8. The second kappa shape index (κ2) is 8.77. The van der Waals surface area contributed by atoms with Crippen LogP contribution in [-0.2, 0) is 21.7 Å². The molecule has 3 rings (SSSR count). The molecule has 0 aliphatic carbocycles. The minimum Gasteiger partial charge on any atom is -0.332 e. The van der Waals surface area contributed by atoms with Crippen LogP contribution in [0.25, 0.3) is 0 Å². The fourth-order valence-corrected chi connectivity index (χ4v) is 3.92. The first-order valence-electron chi connectivity index (χ1n) is 11.0. The summed E-state index contributed by atoms with van der Waals surface area (Å²) in [4.78, 5) is 42.0. The second-order valence-corrected chi connectivity index (χ2v) is 9.86. The average molecular weight is 436 g/mol. The van der Waals surface area contributed by atoms with Crippen LogP contribution in [0.3, 0.4) is 0 Å². The Balaban J connectivity index is 1.80. The lowest BCUT2D eigenvalue weighted by molar-refractivity contribution is -0.142. The second-order valence-electron chi connectivity index (χ2n) is 9.86. The quantitative estimate of drug-likeness (QED) is 0.684. The van der Waals surface area contributed by atoms with Gasteiger partial charge in [-0.05, 0) is 50.3 Å². The van der Waals surface area contributed by atoms with Gasteiger partial charge in [0, 0.05) is 12.1 Å². The van der Waals surface area contributed by atoms with E-state index in [-0.39, 0.29) is 12.5 Å². The lowest BCUT2D eigenvalue weighted by Crippen LogP contribution is -2.50. The molecule has 0 radical (unpaired) electrons. The predicted molar refractivity (Wildman–Crippen MR) is 125 cm³/mol. The molecule has 2 aromatic carbocycles. The Labute approximate surface area is 190 Å². The topological polar surface area (TPSA) is 69.7 Å². The first-order valence-corrected chi connectivity index (χ1v) is 11.0. The Morgan fingerprint density at radius 3 is 2.16 bits per heavy atom. The van der Waals surface area contributed by atoms with Crippen LogP contribution >= 0.6 is 0 Å². The van der Waals surface area contributed by atoms with Gasteiger partial charge in [0.2, 0.25) is 5.91 Å². The number of hydrogen-bond acceptors (Lipinski definition) is 3. The molecule has 1 heterocycles. The van der Waals surface area contributed by atoms with Crippen LogP contribution in [-0.4, -0.2) is 39.7 Å². The lowest BCUT2D eigenvalue weighted by atomic mass is 9.90. The zero-order valence-corrected chi connectivity index (χ0v) is 19.8. The van der Waals surface area contributed by atoms with Gasteiger partial charge >= 0.3 is 6.03 Å². The van der Waals surface area contributed by atoms with Crippen molar-refractivity contribution >= 4 is 17.8 Å². The van der Waals surface area contributed by atoms with Gasteiger partial charge in [0.1, 0.15) is 12.1 Å². The van der Waals surface area contributed by atoms with Crippen LogP contribution < -0.4 is 5.32 Å². The molecular formula is C26H33N3O3. The van der Waals surface area contributed by atoms with Crippen molar-refractivity contribution in [3.05, 3.63) is 71.3 Å². The molecule has 1 saturated heterocycles. The van der Waals surface area contributed by atoms with Crippen molar-refractivity contribution in [1.82, 2.24) is 15.1 Å². The van der Waals surface area contributed by atoms with Gasteiger partial charge in [-0.2, -0.15) is 0 Å². The van der Waals surface area contributed by atoms with Gasteiger partial charge in [-0.1, -0.05) is 68.4 Å². The molecule has 1 fully saturated rings. The first kappa shape index (κ1) is 23.5. The molecule has 0 saturated carbocycles. The highest BCUT2D eigenvalue weighted by molar-refractivity contribution is 6.09. The van der Waals surface area contributed by atoms with E-state index < -0.39 is 23.0 Å². The molecular weight excluding hydrogens is 402 g/mol. The molecule has 32 heavy (non-hydrogen) atoms. The summed E-state index contributed by atoms with van der Waals surface area (Å²) >= 11 is 0. The average Bonchev–Trinajstić information content (AvgIpc) is 2.96. The van der Waals surface area contributed by atoms with Crippen LogP contribution in [0.2, 0.25) is 0 Å². The summed E-state index contributed by atoms with van der Waals surface area (Å²) < 4.78 is 0. The van der Waals surface area contributed by atoms with E-state index in [1.165, 1.54) is 0 Å². The Morgan fingerprint density at radius 2 is 1.62 bits per heavy atom. The highest BCUT2D eigenvalue weighted by Crippen LogP contribution is 2.30. The molecule has 0 aromatic heterocycles. The lowest BCUT2D eigenvalue weighted by Gasteiger charge is -2.36. The number of hydrogen-bond donors (Lipinski definition) is 1. The van der Waals surface area contributed by atoms with Crippen LogP contribution in [0.4, 0.5) is 4.79 Å². The number of nitrogens with one attached hydrogen (secondary N) is 1. The van der Waals surface area contributed by atoms with Gasteiger partial charge < -0.3 is 10.2 Å². The van der Waals surface area contributed by atoms with Gasteiger partial charge in [0.25, 0.3) is 5.91 Å². The minimum absolute atomic E-state index is 0.274. The molecule has 4 amide bonds. The molecule has 1 aliphatic rings. The Kier molecular flexibility index (Phi) is 6.44. The first-order chi connectivity index (χ1) is 14.9. The van der Waals surface area contributed by atoms with Gasteiger partial charge in [-0.25, -0.2) is 4.79 Å². The summed E-state index contributed by atoms with van der Waals surface area (Å²) in [5.74, 6) is -0.321. The number of urea groups is 1. The van der Waals surface area contributed by atoms with Crippen LogP contribution in [0, 0.1) is 0 Å². The molecule has 6 heteroatoms. The zero-order chi connectivity index (χ0) is 23.7. The number of carbonyl (C=O) groups is 3. The fraction of sp³-hybridized carbons (Fsp3) is 0.423. The molecule has 6 nitrogen and oxygen atoms in total.